The first kappa shape index (κ1) is 12.9. The molecule has 15 heavy (non-hydrogen) atoms. The van der Waals surface area contributed by atoms with Gasteiger partial charge in [-0.1, -0.05) is 12.8 Å². The van der Waals surface area contributed by atoms with Gasteiger partial charge in [0.25, 0.3) is 0 Å². The maximum Gasteiger partial charge on any atom is 0.0477 e. The maximum absolute atomic E-state index is 5.78. The zero-order chi connectivity index (χ0) is 10.9. The Morgan fingerprint density at radius 1 is 1.33 bits per heavy atom. The maximum atomic E-state index is 5.78. The van der Waals surface area contributed by atoms with Gasteiger partial charge in [-0.15, -0.1) is 0 Å². The highest BCUT2D eigenvalue weighted by atomic mass is 16.5. The molecular weight excluding hydrogens is 188 g/mol. The number of hydrogen-bond acceptors (Lipinski definition) is 3. The minimum Gasteiger partial charge on any atom is -0.382 e. The van der Waals surface area contributed by atoms with E-state index in [0.29, 0.717) is 12.0 Å². The molecule has 3 nitrogen and oxygen atoms in total. The van der Waals surface area contributed by atoms with Crippen molar-refractivity contribution in [1.82, 2.24) is 5.32 Å². The van der Waals surface area contributed by atoms with Crippen LogP contribution in [0.15, 0.2) is 0 Å². The topological polar surface area (TPSA) is 47.3 Å². The molecule has 90 valence electrons. The highest BCUT2D eigenvalue weighted by molar-refractivity contribution is 4.81. The number of hydrogen-bond donors (Lipinski definition) is 2. The van der Waals surface area contributed by atoms with Gasteiger partial charge in [0.1, 0.15) is 0 Å². The Morgan fingerprint density at radius 2 is 2.13 bits per heavy atom. The Bertz CT molecular complexity index is 153. The predicted octanol–water partition coefficient (Wildman–Crippen LogP) is 1.52. The van der Waals surface area contributed by atoms with E-state index in [1.54, 1.807) is 0 Å². The van der Waals surface area contributed by atoms with Gasteiger partial charge in [0.2, 0.25) is 0 Å². The average molecular weight is 214 g/mol. The predicted molar refractivity (Wildman–Crippen MR) is 63.9 cm³/mol. The largest absolute Gasteiger partial charge is 0.382 e. The van der Waals surface area contributed by atoms with E-state index in [-0.39, 0.29) is 0 Å². The standard InChI is InChI=1S/C12H26N2O/c1-2-15-9-5-8-14-12-7-4-3-6-11(12)10-13/h11-12,14H,2-10,13H2,1H3. The number of rotatable bonds is 7. The normalized spacial score (nSPS) is 26.8. The third kappa shape index (κ3) is 4.96. The number of nitrogens with two attached hydrogens (primary N) is 1. The second-order valence-electron chi connectivity index (χ2n) is 4.39. The minimum atomic E-state index is 0.658. The monoisotopic (exact) mass is 214 g/mol. The molecule has 1 aliphatic carbocycles. The quantitative estimate of drug-likeness (QED) is 0.632. The van der Waals surface area contributed by atoms with Gasteiger partial charge >= 0.3 is 0 Å². The van der Waals surface area contributed by atoms with E-state index in [4.69, 9.17) is 10.5 Å². The summed E-state index contributed by atoms with van der Waals surface area (Å²) in [5.41, 5.74) is 5.78. The molecule has 1 aliphatic rings. The van der Waals surface area contributed by atoms with E-state index in [1.165, 1.54) is 25.7 Å². The van der Waals surface area contributed by atoms with Crippen molar-refractivity contribution in [3.8, 4) is 0 Å². The highest BCUT2D eigenvalue weighted by Crippen LogP contribution is 2.23. The van der Waals surface area contributed by atoms with Crippen molar-refractivity contribution < 1.29 is 4.74 Å². The molecule has 0 saturated heterocycles. The Balaban J connectivity index is 2.07. The van der Waals surface area contributed by atoms with E-state index < -0.39 is 0 Å². The van der Waals surface area contributed by atoms with Crippen LogP contribution < -0.4 is 11.1 Å². The number of ether oxygens (including phenoxy) is 1. The first-order valence-electron chi connectivity index (χ1n) is 6.39. The molecule has 0 heterocycles. The van der Waals surface area contributed by atoms with E-state index >= 15 is 0 Å². The van der Waals surface area contributed by atoms with Crippen LogP contribution in [0.5, 0.6) is 0 Å². The highest BCUT2D eigenvalue weighted by Gasteiger charge is 2.22. The summed E-state index contributed by atoms with van der Waals surface area (Å²) >= 11 is 0. The van der Waals surface area contributed by atoms with Gasteiger partial charge in [-0.2, -0.15) is 0 Å². The average Bonchev–Trinajstić information content (AvgIpc) is 2.29. The fraction of sp³-hybridized carbons (Fsp3) is 1.00. The van der Waals surface area contributed by atoms with Gasteiger partial charge < -0.3 is 15.8 Å². The molecule has 3 N–H and O–H groups in total. The van der Waals surface area contributed by atoms with Crippen molar-refractivity contribution in [3.05, 3.63) is 0 Å². The van der Waals surface area contributed by atoms with E-state index in [2.05, 4.69) is 5.32 Å². The molecule has 0 amide bonds. The smallest absolute Gasteiger partial charge is 0.0477 e. The van der Waals surface area contributed by atoms with Crippen molar-refractivity contribution in [2.75, 3.05) is 26.3 Å². The summed E-state index contributed by atoms with van der Waals surface area (Å²) in [5, 5.41) is 3.62. The lowest BCUT2D eigenvalue weighted by Crippen LogP contribution is -2.42. The van der Waals surface area contributed by atoms with E-state index in [9.17, 15) is 0 Å². The van der Waals surface area contributed by atoms with Crippen LogP contribution in [-0.2, 0) is 4.74 Å². The first-order chi connectivity index (χ1) is 7.38. The van der Waals surface area contributed by atoms with Crippen LogP contribution in [0.25, 0.3) is 0 Å². The molecule has 0 aromatic heterocycles. The summed E-state index contributed by atoms with van der Waals surface area (Å²) in [6, 6.07) is 0.658. The summed E-state index contributed by atoms with van der Waals surface area (Å²) in [6.07, 6.45) is 6.44. The lowest BCUT2D eigenvalue weighted by Gasteiger charge is -2.31. The van der Waals surface area contributed by atoms with Crippen molar-refractivity contribution in [1.29, 1.82) is 0 Å². The van der Waals surface area contributed by atoms with Crippen LogP contribution in [0.4, 0.5) is 0 Å². The Hall–Kier alpha value is -0.120. The molecule has 1 rings (SSSR count). The van der Waals surface area contributed by atoms with Crippen LogP contribution in [0.3, 0.4) is 0 Å². The van der Waals surface area contributed by atoms with Gasteiger partial charge in [-0.25, -0.2) is 0 Å². The van der Waals surface area contributed by atoms with Gasteiger partial charge in [0, 0.05) is 19.3 Å². The van der Waals surface area contributed by atoms with E-state index in [0.717, 1.165) is 32.7 Å². The van der Waals surface area contributed by atoms with Crippen molar-refractivity contribution in [2.45, 2.75) is 45.1 Å². The lowest BCUT2D eigenvalue weighted by atomic mass is 9.84. The zero-order valence-electron chi connectivity index (χ0n) is 10.0. The van der Waals surface area contributed by atoms with Gasteiger partial charge in [-0.05, 0) is 45.2 Å². The SMILES string of the molecule is CCOCCCNC1CCCCC1CN. The first-order valence-corrected chi connectivity index (χ1v) is 6.39. The molecule has 2 unspecified atom stereocenters. The zero-order valence-corrected chi connectivity index (χ0v) is 10.0. The third-order valence-corrected chi connectivity index (χ3v) is 3.29. The van der Waals surface area contributed by atoms with Gasteiger partial charge in [-0.3, -0.25) is 0 Å². The molecule has 0 radical (unpaired) electrons. The molecule has 1 saturated carbocycles. The minimum absolute atomic E-state index is 0.658. The fourth-order valence-corrected chi connectivity index (χ4v) is 2.36. The molecule has 0 aliphatic heterocycles. The Labute approximate surface area is 93.8 Å². The molecular formula is C12H26N2O. The molecule has 0 aromatic rings. The van der Waals surface area contributed by atoms with Crippen LogP contribution in [0.1, 0.15) is 39.0 Å². The van der Waals surface area contributed by atoms with Crippen molar-refractivity contribution in [2.24, 2.45) is 11.7 Å². The summed E-state index contributed by atoms with van der Waals surface area (Å²) in [5.74, 6) is 0.700. The lowest BCUT2D eigenvalue weighted by molar-refractivity contribution is 0.142. The summed E-state index contributed by atoms with van der Waals surface area (Å²) in [4.78, 5) is 0. The molecule has 0 spiro atoms. The molecule has 3 heteroatoms. The summed E-state index contributed by atoms with van der Waals surface area (Å²) in [6.45, 7) is 5.65. The molecule has 1 fully saturated rings. The fourth-order valence-electron chi connectivity index (χ4n) is 2.36. The second-order valence-corrected chi connectivity index (χ2v) is 4.39. The third-order valence-electron chi connectivity index (χ3n) is 3.29. The van der Waals surface area contributed by atoms with Crippen LogP contribution in [0.2, 0.25) is 0 Å². The Morgan fingerprint density at radius 3 is 2.87 bits per heavy atom. The van der Waals surface area contributed by atoms with Gasteiger partial charge in [0.15, 0.2) is 0 Å². The molecule has 0 aromatic carbocycles. The summed E-state index contributed by atoms with van der Waals surface area (Å²) in [7, 11) is 0. The van der Waals surface area contributed by atoms with Crippen LogP contribution in [-0.4, -0.2) is 32.3 Å². The van der Waals surface area contributed by atoms with Crippen LogP contribution >= 0.6 is 0 Å². The summed E-state index contributed by atoms with van der Waals surface area (Å²) < 4.78 is 5.31. The van der Waals surface area contributed by atoms with Crippen LogP contribution in [0, 0.1) is 5.92 Å². The van der Waals surface area contributed by atoms with Gasteiger partial charge in [0.05, 0.1) is 0 Å². The molecule has 0 bridgehead atoms. The van der Waals surface area contributed by atoms with Crippen molar-refractivity contribution in [3.63, 3.8) is 0 Å². The van der Waals surface area contributed by atoms with E-state index in [1.807, 2.05) is 6.92 Å². The second kappa shape index (κ2) is 8.08. The molecule has 2 atom stereocenters. The Kier molecular flexibility index (Phi) is 6.98. The van der Waals surface area contributed by atoms with Crippen molar-refractivity contribution >= 4 is 0 Å². The number of nitrogens with one attached hydrogen (secondary N) is 1.